The molecule has 4 heteroatoms. The van der Waals surface area contributed by atoms with Crippen molar-refractivity contribution in [3.63, 3.8) is 0 Å². The summed E-state index contributed by atoms with van der Waals surface area (Å²) in [5, 5.41) is 1.78. The monoisotopic (exact) mass is 289 g/mol. The number of pyridine rings is 1. The molecule has 2 rings (SSSR count). The Kier molecular flexibility index (Phi) is 4.65. The molecule has 0 aliphatic carbocycles. The van der Waals surface area contributed by atoms with E-state index in [0.29, 0.717) is 6.61 Å². The van der Waals surface area contributed by atoms with E-state index in [4.69, 9.17) is 4.74 Å². The van der Waals surface area contributed by atoms with Crippen molar-refractivity contribution in [3.05, 3.63) is 35.4 Å². The maximum absolute atomic E-state index is 11.7. The molecule has 0 aliphatic heterocycles. The highest BCUT2D eigenvalue weighted by Crippen LogP contribution is 2.28. The SMILES string of the molecule is CCOC(=O)[C@@H](C)Sc1cc(C)c2cccc(C)c2n1. The van der Waals surface area contributed by atoms with Crippen LogP contribution in [-0.2, 0) is 9.53 Å². The van der Waals surface area contributed by atoms with E-state index in [1.807, 2.05) is 26.0 Å². The lowest BCUT2D eigenvalue weighted by Gasteiger charge is -2.12. The van der Waals surface area contributed by atoms with Gasteiger partial charge in [-0.2, -0.15) is 0 Å². The van der Waals surface area contributed by atoms with E-state index < -0.39 is 0 Å². The van der Waals surface area contributed by atoms with Gasteiger partial charge in [-0.05, 0) is 44.9 Å². The number of hydrogen-bond donors (Lipinski definition) is 0. The van der Waals surface area contributed by atoms with Crippen LogP contribution in [0.2, 0.25) is 0 Å². The molecule has 0 bridgehead atoms. The van der Waals surface area contributed by atoms with Crippen LogP contribution in [0.15, 0.2) is 29.3 Å². The van der Waals surface area contributed by atoms with Crippen LogP contribution >= 0.6 is 11.8 Å². The molecule has 3 nitrogen and oxygen atoms in total. The second-order valence-electron chi connectivity index (χ2n) is 4.76. The number of esters is 1. The first-order valence-corrected chi connectivity index (χ1v) is 7.61. The van der Waals surface area contributed by atoms with E-state index in [0.717, 1.165) is 21.5 Å². The minimum atomic E-state index is -0.247. The lowest BCUT2D eigenvalue weighted by atomic mass is 10.1. The molecule has 1 aromatic carbocycles. The highest BCUT2D eigenvalue weighted by Gasteiger charge is 2.17. The zero-order valence-electron chi connectivity index (χ0n) is 12.3. The quantitative estimate of drug-likeness (QED) is 0.632. The highest BCUT2D eigenvalue weighted by atomic mass is 32.2. The number of aromatic nitrogens is 1. The van der Waals surface area contributed by atoms with Gasteiger partial charge in [0.25, 0.3) is 0 Å². The molecular weight excluding hydrogens is 270 g/mol. The highest BCUT2D eigenvalue weighted by molar-refractivity contribution is 8.00. The summed E-state index contributed by atoms with van der Waals surface area (Å²) in [7, 11) is 0. The summed E-state index contributed by atoms with van der Waals surface area (Å²) in [4.78, 5) is 16.4. The Hall–Kier alpha value is -1.55. The third-order valence-corrected chi connectivity index (χ3v) is 4.14. The number of benzene rings is 1. The normalized spacial score (nSPS) is 12.4. The first-order chi connectivity index (χ1) is 9.52. The maximum Gasteiger partial charge on any atom is 0.319 e. The number of fused-ring (bicyclic) bond motifs is 1. The van der Waals surface area contributed by atoms with E-state index in [2.05, 4.69) is 31.0 Å². The lowest BCUT2D eigenvalue weighted by molar-refractivity contribution is -0.142. The zero-order valence-corrected chi connectivity index (χ0v) is 13.1. The molecule has 0 spiro atoms. The molecule has 0 amide bonds. The number of carbonyl (C=O) groups excluding carboxylic acids is 1. The van der Waals surface area contributed by atoms with Gasteiger partial charge in [0.1, 0.15) is 5.25 Å². The fraction of sp³-hybridized carbons (Fsp3) is 0.375. The summed E-state index contributed by atoms with van der Waals surface area (Å²) in [5.41, 5.74) is 3.33. The van der Waals surface area contributed by atoms with Crippen molar-refractivity contribution in [1.29, 1.82) is 0 Å². The third kappa shape index (κ3) is 3.12. The molecule has 2 aromatic rings. The van der Waals surface area contributed by atoms with Crippen LogP contribution in [0.25, 0.3) is 10.9 Å². The molecule has 20 heavy (non-hydrogen) atoms. The van der Waals surface area contributed by atoms with Crippen LogP contribution in [0.3, 0.4) is 0 Å². The fourth-order valence-corrected chi connectivity index (χ4v) is 3.00. The van der Waals surface area contributed by atoms with Gasteiger partial charge in [0.2, 0.25) is 0 Å². The molecule has 0 saturated carbocycles. The Bertz CT molecular complexity index is 640. The van der Waals surface area contributed by atoms with Gasteiger partial charge in [0.05, 0.1) is 17.1 Å². The Balaban J connectivity index is 2.32. The number of aryl methyl sites for hydroxylation is 2. The molecule has 0 fully saturated rings. The molecule has 1 heterocycles. The summed E-state index contributed by atoms with van der Waals surface area (Å²) >= 11 is 1.44. The molecule has 0 unspecified atom stereocenters. The van der Waals surface area contributed by atoms with Gasteiger partial charge in [-0.15, -0.1) is 0 Å². The van der Waals surface area contributed by atoms with Crippen molar-refractivity contribution in [2.24, 2.45) is 0 Å². The Morgan fingerprint density at radius 1 is 1.35 bits per heavy atom. The van der Waals surface area contributed by atoms with Gasteiger partial charge in [0.15, 0.2) is 0 Å². The molecule has 106 valence electrons. The minimum Gasteiger partial charge on any atom is -0.465 e. The molecule has 0 aliphatic rings. The van der Waals surface area contributed by atoms with Crippen LogP contribution in [-0.4, -0.2) is 22.8 Å². The van der Waals surface area contributed by atoms with Crippen molar-refractivity contribution in [1.82, 2.24) is 4.98 Å². The molecule has 1 atom stereocenters. The van der Waals surface area contributed by atoms with E-state index in [9.17, 15) is 4.79 Å². The van der Waals surface area contributed by atoms with Crippen molar-refractivity contribution in [2.75, 3.05) is 6.61 Å². The maximum atomic E-state index is 11.7. The van der Waals surface area contributed by atoms with Gasteiger partial charge in [-0.3, -0.25) is 4.79 Å². The second kappa shape index (κ2) is 6.27. The minimum absolute atomic E-state index is 0.193. The summed E-state index contributed by atoms with van der Waals surface area (Å²) in [6.07, 6.45) is 0. The fourth-order valence-electron chi connectivity index (χ4n) is 2.08. The zero-order chi connectivity index (χ0) is 14.7. The van der Waals surface area contributed by atoms with Crippen molar-refractivity contribution in [3.8, 4) is 0 Å². The van der Waals surface area contributed by atoms with E-state index in [-0.39, 0.29) is 11.2 Å². The van der Waals surface area contributed by atoms with Gasteiger partial charge in [-0.25, -0.2) is 4.98 Å². The third-order valence-electron chi connectivity index (χ3n) is 3.14. The molecular formula is C16H19NO2S. The predicted octanol–water partition coefficient (Wildman–Crippen LogP) is 3.90. The molecule has 1 aromatic heterocycles. The van der Waals surface area contributed by atoms with Crippen molar-refractivity contribution < 1.29 is 9.53 Å². The number of hydrogen-bond acceptors (Lipinski definition) is 4. The Morgan fingerprint density at radius 3 is 2.80 bits per heavy atom. The Morgan fingerprint density at radius 2 is 2.10 bits per heavy atom. The number of nitrogens with zero attached hydrogens (tertiary/aromatic N) is 1. The van der Waals surface area contributed by atoms with E-state index in [1.165, 1.54) is 17.3 Å². The number of thioether (sulfide) groups is 1. The summed E-state index contributed by atoms with van der Waals surface area (Å²) in [6.45, 7) is 8.20. The predicted molar refractivity (Wildman–Crippen MR) is 83.2 cm³/mol. The van der Waals surface area contributed by atoms with Crippen molar-refractivity contribution in [2.45, 2.75) is 38.0 Å². The smallest absolute Gasteiger partial charge is 0.319 e. The van der Waals surface area contributed by atoms with Crippen LogP contribution in [0.5, 0.6) is 0 Å². The largest absolute Gasteiger partial charge is 0.465 e. The van der Waals surface area contributed by atoms with Crippen LogP contribution in [0.4, 0.5) is 0 Å². The first kappa shape index (κ1) is 14.9. The van der Waals surface area contributed by atoms with Gasteiger partial charge >= 0.3 is 5.97 Å². The van der Waals surface area contributed by atoms with E-state index >= 15 is 0 Å². The summed E-state index contributed by atoms with van der Waals surface area (Å²) in [6, 6.07) is 8.20. The van der Waals surface area contributed by atoms with Crippen LogP contribution < -0.4 is 0 Å². The lowest BCUT2D eigenvalue weighted by Crippen LogP contribution is -2.16. The van der Waals surface area contributed by atoms with Crippen molar-refractivity contribution >= 4 is 28.6 Å². The Labute approximate surface area is 123 Å². The van der Waals surface area contributed by atoms with Crippen LogP contribution in [0.1, 0.15) is 25.0 Å². The number of carbonyl (C=O) groups is 1. The molecule has 0 radical (unpaired) electrons. The number of rotatable bonds is 4. The topological polar surface area (TPSA) is 39.2 Å². The van der Waals surface area contributed by atoms with Crippen LogP contribution in [0, 0.1) is 13.8 Å². The van der Waals surface area contributed by atoms with E-state index in [1.54, 1.807) is 0 Å². The average molecular weight is 289 g/mol. The average Bonchev–Trinajstić information content (AvgIpc) is 2.40. The molecule has 0 saturated heterocycles. The van der Waals surface area contributed by atoms with Gasteiger partial charge in [0, 0.05) is 5.39 Å². The molecule has 0 N–H and O–H groups in total. The second-order valence-corrected chi connectivity index (χ2v) is 6.12. The van der Waals surface area contributed by atoms with Gasteiger partial charge in [-0.1, -0.05) is 30.0 Å². The summed E-state index contributed by atoms with van der Waals surface area (Å²) < 4.78 is 5.03. The van der Waals surface area contributed by atoms with Gasteiger partial charge < -0.3 is 4.74 Å². The first-order valence-electron chi connectivity index (χ1n) is 6.73. The summed E-state index contributed by atoms with van der Waals surface area (Å²) in [5.74, 6) is -0.193. The number of para-hydroxylation sites is 1. The standard InChI is InChI=1S/C16H19NO2S/c1-5-19-16(18)12(4)20-14-9-11(3)13-8-6-7-10(2)15(13)17-14/h6-9,12H,5H2,1-4H3/t12-/m1/s1. The number of ether oxygens (including phenoxy) is 1.